The van der Waals surface area contributed by atoms with Crippen molar-refractivity contribution in [2.45, 2.75) is 108 Å². The minimum atomic E-state index is -4.35. The van der Waals surface area contributed by atoms with Crippen LogP contribution in [0.25, 0.3) is 0 Å². The first-order valence-corrected chi connectivity index (χ1v) is 12.0. The van der Waals surface area contributed by atoms with Crippen molar-refractivity contribution in [3.05, 3.63) is 29.8 Å². The van der Waals surface area contributed by atoms with Gasteiger partial charge in [-0.05, 0) is 24.5 Å². The van der Waals surface area contributed by atoms with E-state index in [0.29, 0.717) is 12.0 Å². The molecule has 0 heterocycles. The quantitative estimate of drug-likeness (QED) is 0.233. The summed E-state index contributed by atoms with van der Waals surface area (Å²) in [5.74, 6) is 0. The van der Waals surface area contributed by atoms with Crippen LogP contribution < -0.4 is 51.4 Å². The summed E-state index contributed by atoms with van der Waals surface area (Å²) in [6, 6.07) is 6.59. The number of benzene rings is 1. The van der Waals surface area contributed by atoms with Gasteiger partial charge in [0, 0.05) is 0 Å². The number of aryl methyl sites for hydroxylation is 1. The molecule has 3 nitrogen and oxygen atoms in total. The van der Waals surface area contributed by atoms with Gasteiger partial charge in [0.2, 0.25) is 0 Å². The Hall–Kier alpha value is 0.766. The molecular weight excluding hydrogens is 383 g/mol. The maximum Gasteiger partial charge on any atom is 1.00 e. The fraction of sp³-hybridized carbons (Fsp3) is 0.727. The summed E-state index contributed by atoms with van der Waals surface area (Å²) < 4.78 is 33.7. The number of hydrogen-bond acceptors (Lipinski definition) is 3. The molecule has 1 aromatic carbocycles. The minimum absolute atomic E-state index is 0. The Morgan fingerprint density at radius 2 is 1.11 bits per heavy atom. The van der Waals surface area contributed by atoms with Crippen molar-refractivity contribution in [3.63, 3.8) is 0 Å². The third-order valence-electron chi connectivity index (χ3n) is 5.04. The van der Waals surface area contributed by atoms with Crippen molar-refractivity contribution >= 4 is 10.1 Å². The second-order valence-electron chi connectivity index (χ2n) is 7.41. The molecule has 0 unspecified atom stereocenters. The van der Waals surface area contributed by atoms with Gasteiger partial charge >= 0.3 is 51.4 Å². The standard InChI is InChI=1S/C22H38O3S.K/c1-2-3-4-5-6-7-8-9-10-11-12-13-14-15-18-21-19-16-17-20-22(21)26(23,24)25;/h16-17,19-20H,2-15,18H2,1H3,(H,23,24,25);/q;+1/p-1. The zero-order valence-corrected chi connectivity index (χ0v) is 21.5. The molecule has 0 aliphatic rings. The molecule has 0 aliphatic heterocycles. The van der Waals surface area contributed by atoms with Crippen molar-refractivity contribution < 1.29 is 64.4 Å². The Balaban J connectivity index is 0.00000676. The Bertz CT molecular complexity index is 573. The van der Waals surface area contributed by atoms with E-state index in [9.17, 15) is 13.0 Å². The van der Waals surface area contributed by atoms with Gasteiger partial charge in [-0.1, -0.05) is 109 Å². The smallest absolute Gasteiger partial charge is 0.744 e. The molecule has 0 bridgehead atoms. The van der Waals surface area contributed by atoms with Crippen molar-refractivity contribution in [2.75, 3.05) is 0 Å². The summed E-state index contributed by atoms with van der Waals surface area (Å²) in [6.07, 6.45) is 18.9. The van der Waals surface area contributed by atoms with E-state index in [1.165, 1.54) is 83.1 Å². The van der Waals surface area contributed by atoms with Gasteiger partial charge in [-0.25, -0.2) is 8.42 Å². The second kappa shape index (κ2) is 17.6. The summed E-state index contributed by atoms with van der Waals surface area (Å²) in [6.45, 7) is 2.26. The fourth-order valence-electron chi connectivity index (χ4n) is 3.46. The summed E-state index contributed by atoms with van der Waals surface area (Å²) >= 11 is 0. The van der Waals surface area contributed by atoms with Gasteiger partial charge in [0.15, 0.2) is 0 Å². The van der Waals surface area contributed by atoms with E-state index in [2.05, 4.69) is 6.92 Å². The van der Waals surface area contributed by atoms with Gasteiger partial charge in [-0.2, -0.15) is 0 Å². The molecule has 0 radical (unpaired) electrons. The maximum atomic E-state index is 11.2. The minimum Gasteiger partial charge on any atom is -0.744 e. The molecule has 0 aromatic heterocycles. The monoisotopic (exact) mass is 420 g/mol. The second-order valence-corrected chi connectivity index (χ2v) is 8.76. The molecule has 27 heavy (non-hydrogen) atoms. The van der Waals surface area contributed by atoms with Crippen molar-refractivity contribution in [2.24, 2.45) is 0 Å². The molecule has 0 saturated heterocycles. The van der Waals surface area contributed by atoms with E-state index in [-0.39, 0.29) is 56.3 Å². The molecular formula is C22H37KO3S. The van der Waals surface area contributed by atoms with E-state index in [1.807, 2.05) is 0 Å². The average Bonchev–Trinajstić information content (AvgIpc) is 2.61. The molecule has 5 heteroatoms. The van der Waals surface area contributed by atoms with E-state index < -0.39 is 10.1 Å². The molecule has 0 N–H and O–H groups in total. The number of hydrogen-bond donors (Lipinski definition) is 0. The van der Waals surface area contributed by atoms with Gasteiger partial charge in [-0.3, -0.25) is 0 Å². The van der Waals surface area contributed by atoms with Crippen LogP contribution in [0.2, 0.25) is 0 Å². The molecule has 150 valence electrons. The van der Waals surface area contributed by atoms with Crippen LogP contribution in [0.5, 0.6) is 0 Å². The van der Waals surface area contributed by atoms with Gasteiger partial charge in [0.05, 0.1) is 4.90 Å². The van der Waals surface area contributed by atoms with Crippen LogP contribution in [-0.2, 0) is 16.5 Å². The first-order chi connectivity index (χ1) is 12.6. The molecule has 1 aromatic rings. The molecule has 0 aliphatic carbocycles. The normalized spacial score (nSPS) is 11.3. The van der Waals surface area contributed by atoms with Crippen LogP contribution in [0.1, 0.15) is 102 Å². The average molecular weight is 421 g/mol. The summed E-state index contributed by atoms with van der Waals surface area (Å²) in [5, 5.41) is 0. The maximum absolute atomic E-state index is 11.2. The number of rotatable bonds is 16. The van der Waals surface area contributed by atoms with E-state index in [0.717, 1.165) is 12.8 Å². The largest absolute Gasteiger partial charge is 1.00 e. The van der Waals surface area contributed by atoms with Gasteiger partial charge in [0.25, 0.3) is 0 Å². The van der Waals surface area contributed by atoms with Crippen molar-refractivity contribution in [3.8, 4) is 0 Å². The SMILES string of the molecule is CCCCCCCCCCCCCCCCc1ccccc1S(=O)(=O)[O-].[K+]. The van der Waals surface area contributed by atoms with Crippen molar-refractivity contribution in [1.82, 2.24) is 0 Å². The molecule has 1 rings (SSSR count). The summed E-state index contributed by atoms with van der Waals surface area (Å²) in [7, 11) is -4.35. The van der Waals surface area contributed by atoms with Crippen LogP contribution in [0, 0.1) is 0 Å². The predicted octanol–water partition coefficient (Wildman–Crippen LogP) is 3.62. The third-order valence-corrected chi connectivity index (χ3v) is 5.98. The van der Waals surface area contributed by atoms with Crippen LogP contribution in [0.15, 0.2) is 29.2 Å². The van der Waals surface area contributed by atoms with E-state index >= 15 is 0 Å². The van der Waals surface area contributed by atoms with Gasteiger partial charge in [0.1, 0.15) is 10.1 Å². The Morgan fingerprint density at radius 1 is 0.704 bits per heavy atom. The van der Waals surface area contributed by atoms with Gasteiger partial charge in [-0.15, -0.1) is 0 Å². The van der Waals surface area contributed by atoms with Crippen LogP contribution in [0.3, 0.4) is 0 Å². The molecule has 0 spiro atoms. The fourth-order valence-corrected chi connectivity index (χ4v) is 4.20. The third kappa shape index (κ3) is 14.4. The molecule has 0 amide bonds. The predicted molar refractivity (Wildman–Crippen MR) is 108 cm³/mol. The van der Waals surface area contributed by atoms with Gasteiger partial charge < -0.3 is 4.55 Å². The van der Waals surface area contributed by atoms with Crippen LogP contribution in [-0.4, -0.2) is 13.0 Å². The van der Waals surface area contributed by atoms with Crippen LogP contribution >= 0.6 is 0 Å². The summed E-state index contributed by atoms with van der Waals surface area (Å²) in [5.41, 5.74) is 0.668. The van der Waals surface area contributed by atoms with E-state index in [4.69, 9.17) is 0 Å². The zero-order chi connectivity index (χ0) is 19.1. The molecule has 0 fully saturated rings. The zero-order valence-electron chi connectivity index (χ0n) is 17.5. The first kappa shape index (κ1) is 27.8. The number of unbranched alkanes of at least 4 members (excludes halogenated alkanes) is 13. The first-order valence-electron chi connectivity index (χ1n) is 10.6. The molecule has 0 atom stereocenters. The Morgan fingerprint density at radius 3 is 1.56 bits per heavy atom. The molecule has 0 saturated carbocycles. The van der Waals surface area contributed by atoms with Crippen molar-refractivity contribution in [1.29, 1.82) is 0 Å². The Kier molecular flexibility index (Phi) is 18.1. The van der Waals surface area contributed by atoms with Crippen LogP contribution in [0.4, 0.5) is 0 Å². The topological polar surface area (TPSA) is 57.2 Å². The van der Waals surface area contributed by atoms with E-state index in [1.54, 1.807) is 18.2 Å². The summed E-state index contributed by atoms with van der Waals surface area (Å²) in [4.78, 5) is -0.0466. The Labute approximate surface area is 210 Å².